The molecule has 4 heteroatoms. The predicted octanol–water partition coefficient (Wildman–Crippen LogP) is 6.84. The Balaban J connectivity index is 0.000000318. The minimum atomic E-state index is -0.125. The van der Waals surface area contributed by atoms with Crippen LogP contribution < -0.4 is 0 Å². The number of hydrogen-bond donors (Lipinski definition) is 1. The molecule has 165 valence electrons. The van der Waals surface area contributed by atoms with E-state index in [0.717, 1.165) is 11.3 Å². The number of aliphatic hydroxyl groups is 1. The molecule has 0 bridgehead atoms. The van der Waals surface area contributed by atoms with E-state index in [1.807, 2.05) is 12.3 Å². The number of rotatable bonds is 1. The molecule has 0 amide bonds. The average molecular weight is 601 g/mol. The van der Waals surface area contributed by atoms with Gasteiger partial charge in [-0.25, -0.2) is 0 Å². The largest absolute Gasteiger partial charge is 0.512 e. The standard InChI is InChI=1S/C23H18N.C5H8O2.Ir/c1-14-10-11-16-13-24-22-17-8-4-6-15-7-5-9-19(20(15)17)23(2,3)21(22)18(16)12-14;1-4(6)3-5(2)7;/h4-7,9-13H,1-3H3;3,6H,1-2H3;/q-1;;/b;4-3-;. The molecular weight excluding hydrogens is 575 g/mol. The third-order valence-electron chi connectivity index (χ3n) is 5.83. The quantitative estimate of drug-likeness (QED) is 0.148. The average Bonchev–Trinajstić information content (AvgIpc) is 2.70. The van der Waals surface area contributed by atoms with Crippen molar-refractivity contribution in [2.75, 3.05) is 0 Å². The van der Waals surface area contributed by atoms with Gasteiger partial charge in [0.15, 0.2) is 5.78 Å². The molecule has 1 aliphatic rings. The summed E-state index contributed by atoms with van der Waals surface area (Å²) in [6.45, 7) is 9.64. The number of carbonyl (C=O) groups is 1. The number of nitrogens with zero attached hydrogens (tertiary/aromatic N) is 1. The van der Waals surface area contributed by atoms with Gasteiger partial charge in [-0.15, -0.1) is 29.1 Å². The van der Waals surface area contributed by atoms with Gasteiger partial charge in [0.1, 0.15) is 0 Å². The molecule has 0 atom stereocenters. The first-order valence-electron chi connectivity index (χ1n) is 10.4. The number of hydrogen-bond acceptors (Lipinski definition) is 3. The van der Waals surface area contributed by atoms with Crippen LogP contribution in [0, 0.1) is 13.0 Å². The maximum atomic E-state index is 10.0. The summed E-state index contributed by atoms with van der Waals surface area (Å²) in [4.78, 5) is 14.9. The second-order valence-corrected chi connectivity index (χ2v) is 8.72. The maximum Gasteiger partial charge on any atom is 0.155 e. The van der Waals surface area contributed by atoms with Gasteiger partial charge in [0.05, 0.1) is 5.76 Å². The van der Waals surface area contributed by atoms with Crippen LogP contribution in [0.5, 0.6) is 0 Å². The molecule has 1 radical (unpaired) electrons. The molecule has 0 unspecified atom stereocenters. The van der Waals surface area contributed by atoms with Gasteiger partial charge in [-0.2, -0.15) is 0 Å². The van der Waals surface area contributed by atoms with Gasteiger partial charge >= 0.3 is 0 Å². The van der Waals surface area contributed by atoms with Gasteiger partial charge in [0.2, 0.25) is 0 Å². The van der Waals surface area contributed by atoms with Gasteiger partial charge in [-0.1, -0.05) is 66.8 Å². The number of carbonyl (C=O) groups excluding carboxylic acids is 1. The van der Waals surface area contributed by atoms with E-state index in [9.17, 15) is 4.79 Å². The monoisotopic (exact) mass is 601 g/mol. The van der Waals surface area contributed by atoms with Crippen LogP contribution in [0.2, 0.25) is 0 Å². The van der Waals surface area contributed by atoms with Crippen molar-refractivity contribution in [3.05, 3.63) is 89.3 Å². The zero-order chi connectivity index (χ0) is 22.3. The Morgan fingerprint density at radius 3 is 2.50 bits per heavy atom. The van der Waals surface area contributed by atoms with Crippen molar-refractivity contribution in [3.8, 4) is 11.3 Å². The van der Waals surface area contributed by atoms with Crippen molar-refractivity contribution < 1.29 is 30.0 Å². The Bertz CT molecular complexity index is 1360. The van der Waals surface area contributed by atoms with E-state index in [1.165, 1.54) is 58.2 Å². The van der Waals surface area contributed by atoms with E-state index in [4.69, 9.17) is 10.1 Å². The number of aryl methyl sites for hydroxylation is 1. The van der Waals surface area contributed by atoms with Crippen molar-refractivity contribution in [2.45, 2.75) is 40.0 Å². The topological polar surface area (TPSA) is 50.2 Å². The SMILES string of the molecule is CC(=O)/C=C(/C)O.Cc1ccc2cnc3c(c2c1)C(C)(C)c1cccc2cc[c-]c-3c12.[Ir]. The van der Waals surface area contributed by atoms with E-state index >= 15 is 0 Å². The number of pyridine rings is 1. The molecule has 0 saturated carbocycles. The van der Waals surface area contributed by atoms with E-state index in [-0.39, 0.29) is 37.1 Å². The Morgan fingerprint density at radius 2 is 1.84 bits per heavy atom. The Morgan fingerprint density at radius 1 is 1.09 bits per heavy atom. The molecule has 32 heavy (non-hydrogen) atoms. The second kappa shape index (κ2) is 8.97. The Kier molecular flexibility index (Phi) is 6.69. The third-order valence-corrected chi connectivity index (χ3v) is 5.83. The third kappa shape index (κ3) is 4.13. The molecule has 0 spiro atoms. The summed E-state index contributed by atoms with van der Waals surface area (Å²) in [5.74, 6) is -0.0625. The first-order chi connectivity index (χ1) is 14.7. The van der Waals surface area contributed by atoms with E-state index in [0.29, 0.717) is 0 Å². The van der Waals surface area contributed by atoms with Crippen LogP contribution in [0.15, 0.2) is 66.6 Å². The minimum absolute atomic E-state index is 0. The van der Waals surface area contributed by atoms with Crippen molar-refractivity contribution in [1.82, 2.24) is 4.98 Å². The minimum Gasteiger partial charge on any atom is -0.512 e. The van der Waals surface area contributed by atoms with Crippen molar-refractivity contribution in [3.63, 3.8) is 0 Å². The van der Waals surface area contributed by atoms with Crippen molar-refractivity contribution in [2.24, 2.45) is 0 Å². The molecular formula is C28H26IrNO2-. The van der Waals surface area contributed by atoms with Gasteiger partial charge in [-0.3, -0.25) is 4.79 Å². The Hall–Kier alpha value is -2.81. The summed E-state index contributed by atoms with van der Waals surface area (Å²) in [7, 11) is 0. The fourth-order valence-electron chi connectivity index (χ4n) is 4.56. The number of fused-ring (bicyclic) bond motifs is 4. The first-order valence-corrected chi connectivity index (χ1v) is 10.4. The van der Waals surface area contributed by atoms with Crippen LogP contribution in [0.1, 0.15) is 44.4 Å². The number of ketones is 1. The molecule has 1 heterocycles. The normalized spacial score (nSPS) is 13.6. The van der Waals surface area contributed by atoms with Gasteiger partial charge in [-0.05, 0) is 42.8 Å². The zero-order valence-electron chi connectivity index (χ0n) is 18.9. The number of aliphatic hydroxyl groups excluding tert-OH is 1. The van der Waals surface area contributed by atoms with E-state index in [1.54, 1.807) is 0 Å². The molecule has 1 N–H and O–H groups in total. The molecule has 3 aromatic carbocycles. The molecule has 1 aliphatic carbocycles. The first kappa shape index (κ1) is 23.8. The summed E-state index contributed by atoms with van der Waals surface area (Å²) >= 11 is 0. The van der Waals surface area contributed by atoms with Gasteiger partial charge in [0, 0.05) is 37.8 Å². The molecule has 3 nitrogen and oxygen atoms in total. The Labute approximate surface area is 202 Å². The van der Waals surface area contributed by atoms with Crippen LogP contribution in [-0.2, 0) is 30.3 Å². The van der Waals surface area contributed by atoms with Crippen LogP contribution in [0.3, 0.4) is 0 Å². The van der Waals surface area contributed by atoms with Crippen LogP contribution in [-0.4, -0.2) is 15.9 Å². The second-order valence-electron chi connectivity index (χ2n) is 8.72. The smallest absolute Gasteiger partial charge is 0.155 e. The molecule has 0 saturated heterocycles. The summed E-state index contributed by atoms with van der Waals surface area (Å²) in [6.07, 6.45) is 3.17. The summed E-state index contributed by atoms with van der Waals surface area (Å²) < 4.78 is 0. The van der Waals surface area contributed by atoms with Gasteiger partial charge < -0.3 is 10.1 Å². The number of aromatic nitrogens is 1. The van der Waals surface area contributed by atoms with Gasteiger partial charge in [0.25, 0.3) is 0 Å². The molecule has 0 fully saturated rings. The summed E-state index contributed by atoms with van der Waals surface area (Å²) in [5.41, 5.74) is 6.12. The van der Waals surface area contributed by atoms with Crippen LogP contribution in [0.25, 0.3) is 32.8 Å². The maximum absolute atomic E-state index is 10.0. The molecule has 0 aliphatic heterocycles. The zero-order valence-corrected chi connectivity index (χ0v) is 21.3. The molecule has 1 aromatic heterocycles. The van der Waals surface area contributed by atoms with Crippen molar-refractivity contribution in [1.29, 1.82) is 0 Å². The van der Waals surface area contributed by atoms with Crippen molar-refractivity contribution >= 4 is 27.3 Å². The fraction of sp³-hybridized carbons (Fsp3) is 0.214. The van der Waals surface area contributed by atoms with Crippen LogP contribution >= 0.6 is 0 Å². The van der Waals surface area contributed by atoms with E-state index < -0.39 is 0 Å². The molecule has 4 aromatic rings. The number of benzene rings is 3. The summed E-state index contributed by atoms with van der Waals surface area (Å²) in [6, 6.07) is 20.9. The number of allylic oxidation sites excluding steroid dienone is 2. The van der Waals surface area contributed by atoms with Crippen LogP contribution in [0.4, 0.5) is 0 Å². The summed E-state index contributed by atoms with van der Waals surface area (Å²) in [5, 5.41) is 13.5. The predicted molar refractivity (Wildman–Crippen MR) is 127 cm³/mol. The molecule has 5 rings (SSSR count). The fourth-order valence-corrected chi connectivity index (χ4v) is 4.56. The van der Waals surface area contributed by atoms with E-state index in [2.05, 4.69) is 69.3 Å².